The zero-order valence-electron chi connectivity index (χ0n) is 21.2. The summed E-state index contributed by atoms with van der Waals surface area (Å²) in [6.07, 6.45) is 6.86. The number of nitrogens with one attached hydrogen (secondary N) is 2. The molecule has 0 fully saturated rings. The number of rotatable bonds is 7. The Labute approximate surface area is 217 Å². The number of fused-ring (bicyclic) bond motifs is 2. The van der Waals surface area contributed by atoms with Crippen LogP contribution in [0.25, 0.3) is 56.0 Å². The van der Waals surface area contributed by atoms with Gasteiger partial charge in [0.1, 0.15) is 23.9 Å². The average Bonchev–Trinajstić information content (AvgIpc) is 3.51. The maximum atomic E-state index is 14.1. The van der Waals surface area contributed by atoms with Crippen LogP contribution in [0.5, 0.6) is 5.75 Å². The number of ether oxygens (including phenoxy) is 1. The van der Waals surface area contributed by atoms with Crippen LogP contribution in [-0.2, 0) is 0 Å². The molecule has 5 heterocycles. The minimum Gasteiger partial charge on any atom is -0.491 e. The molecule has 0 aliphatic rings. The van der Waals surface area contributed by atoms with E-state index in [1.807, 2.05) is 45.3 Å². The van der Waals surface area contributed by atoms with Crippen LogP contribution >= 0.6 is 0 Å². The molecule has 0 aliphatic heterocycles. The van der Waals surface area contributed by atoms with Gasteiger partial charge in [-0.15, -0.1) is 0 Å². The van der Waals surface area contributed by atoms with Gasteiger partial charge in [-0.3, -0.25) is 15.1 Å². The number of pyridine rings is 3. The molecule has 10 heteroatoms. The molecule has 6 aromatic rings. The summed E-state index contributed by atoms with van der Waals surface area (Å²) in [5.41, 5.74) is 6.61. The predicted octanol–water partition coefficient (Wildman–Crippen LogP) is 5.01. The number of halogens is 1. The number of aryl methyl sites for hydroxylation is 1. The Morgan fingerprint density at radius 3 is 2.74 bits per heavy atom. The summed E-state index contributed by atoms with van der Waals surface area (Å²) in [6.45, 7) is 3.24. The highest BCUT2D eigenvalue weighted by Gasteiger charge is 2.17. The molecule has 0 saturated heterocycles. The van der Waals surface area contributed by atoms with Gasteiger partial charge < -0.3 is 14.6 Å². The van der Waals surface area contributed by atoms with Gasteiger partial charge in [0.2, 0.25) is 0 Å². The molecule has 0 atom stereocenters. The molecule has 6 rings (SSSR count). The number of nitrogens with zero attached hydrogens (tertiary/aromatic N) is 6. The third-order valence-electron chi connectivity index (χ3n) is 6.23. The molecule has 0 spiro atoms. The lowest BCUT2D eigenvalue weighted by atomic mass is 10.0. The van der Waals surface area contributed by atoms with Crippen LogP contribution in [0, 0.1) is 12.7 Å². The lowest BCUT2D eigenvalue weighted by Crippen LogP contribution is -2.19. The van der Waals surface area contributed by atoms with E-state index in [1.165, 1.54) is 12.1 Å². The van der Waals surface area contributed by atoms with Crippen molar-refractivity contribution in [2.45, 2.75) is 6.92 Å². The summed E-state index contributed by atoms with van der Waals surface area (Å²) in [5.74, 6) is 0.946. The van der Waals surface area contributed by atoms with Crippen molar-refractivity contribution >= 4 is 22.1 Å². The van der Waals surface area contributed by atoms with E-state index in [2.05, 4.69) is 35.0 Å². The first-order valence-corrected chi connectivity index (χ1v) is 12.1. The van der Waals surface area contributed by atoms with E-state index in [-0.39, 0.29) is 5.82 Å². The Morgan fingerprint density at radius 1 is 1.00 bits per heavy atom. The number of aromatic amines is 2. The van der Waals surface area contributed by atoms with Crippen LogP contribution in [0.1, 0.15) is 5.56 Å². The van der Waals surface area contributed by atoms with Crippen LogP contribution < -0.4 is 4.74 Å². The summed E-state index contributed by atoms with van der Waals surface area (Å²) < 4.78 is 20.0. The average molecular weight is 509 g/mol. The highest BCUT2D eigenvalue weighted by Crippen LogP contribution is 2.32. The van der Waals surface area contributed by atoms with Gasteiger partial charge in [-0.25, -0.2) is 14.4 Å². The minimum absolute atomic E-state index is 0.287. The molecule has 38 heavy (non-hydrogen) atoms. The molecular formula is C28H25FN8O. The highest BCUT2D eigenvalue weighted by molar-refractivity contribution is 5.96. The fourth-order valence-electron chi connectivity index (χ4n) is 4.39. The number of benzene rings is 1. The second-order valence-corrected chi connectivity index (χ2v) is 9.41. The second kappa shape index (κ2) is 9.64. The van der Waals surface area contributed by atoms with Crippen molar-refractivity contribution in [3.8, 4) is 39.7 Å². The Bertz CT molecular complexity index is 1750. The molecule has 1 aromatic carbocycles. The molecule has 0 saturated carbocycles. The van der Waals surface area contributed by atoms with Gasteiger partial charge in [-0.05, 0) is 62.5 Å². The Kier molecular flexibility index (Phi) is 6.01. The van der Waals surface area contributed by atoms with Gasteiger partial charge in [0.05, 0.1) is 29.1 Å². The SMILES string of the molecule is Cc1cc(F)cc(-c2ccnc3nc(-c4n[nH]c5cnc(-c6cncc(OCCN(C)C)c6)cc45)[nH]c23)c1. The van der Waals surface area contributed by atoms with E-state index in [0.717, 1.165) is 45.4 Å². The zero-order valence-corrected chi connectivity index (χ0v) is 21.2. The molecule has 0 bridgehead atoms. The van der Waals surface area contributed by atoms with Crippen LogP contribution in [0.3, 0.4) is 0 Å². The van der Waals surface area contributed by atoms with Crippen LogP contribution in [0.15, 0.2) is 61.2 Å². The number of likely N-dealkylation sites (N-methyl/N-ethyl adjacent to an activating group) is 1. The third kappa shape index (κ3) is 4.57. The Balaban J connectivity index is 1.38. The summed E-state index contributed by atoms with van der Waals surface area (Å²) in [7, 11) is 4.00. The topological polar surface area (TPSA) is 108 Å². The van der Waals surface area contributed by atoms with Crippen molar-refractivity contribution < 1.29 is 9.13 Å². The largest absolute Gasteiger partial charge is 0.491 e. The van der Waals surface area contributed by atoms with Crippen molar-refractivity contribution in [2.24, 2.45) is 0 Å². The number of hydrogen-bond acceptors (Lipinski definition) is 7. The number of aromatic nitrogens is 7. The zero-order chi connectivity index (χ0) is 26.2. The summed E-state index contributed by atoms with van der Waals surface area (Å²) in [4.78, 5) is 23.5. The van der Waals surface area contributed by atoms with Crippen LogP contribution in [-0.4, -0.2) is 67.3 Å². The molecule has 0 unspecified atom stereocenters. The predicted molar refractivity (Wildman–Crippen MR) is 144 cm³/mol. The second-order valence-electron chi connectivity index (χ2n) is 9.41. The quantitative estimate of drug-likeness (QED) is 0.312. The molecule has 0 amide bonds. The van der Waals surface area contributed by atoms with Gasteiger partial charge in [-0.1, -0.05) is 6.07 Å². The van der Waals surface area contributed by atoms with Crippen LogP contribution in [0.4, 0.5) is 4.39 Å². The molecule has 2 N–H and O–H groups in total. The molecular weight excluding hydrogens is 483 g/mol. The highest BCUT2D eigenvalue weighted by atomic mass is 19.1. The van der Waals surface area contributed by atoms with E-state index >= 15 is 0 Å². The van der Waals surface area contributed by atoms with Crippen molar-refractivity contribution in [1.82, 2.24) is 40.0 Å². The summed E-state index contributed by atoms with van der Waals surface area (Å²) in [5, 5.41) is 8.39. The smallest absolute Gasteiger partial charge is 0.178 e. The normalized spacial score (nSPS) is 11.6. The third-order valence-corrected chi connectivity index (χ3v) is 6.23. The standard InChI is InChI=1S/C28H25FN8O/c1-16-8-17(10-19(29)9-16)21-4-5-31-27-25(21)33-28(34-27)26-22-12-23(32-15-24(22)35-36-26)18-11-20(14-30-13-18)38-7-6-37(2)3/h4-5,8-15H,6-7H2,1-3H3,(H,35,36)(H,31,33,34). The molecule has 190 valence electrons. The maximum absolute atomic E-state index is 14.1. The van der Waals surface area contributed by atoms with Gasteiger partial charge in [0.25, 0.3) is 0 Å². The molecule has 5 aromatic heterocycles. The number of hydrogen-bond donors (Lipinski definition) is 2. The number of H-pyrrole nitrogens is 2. The van der Waals surface area contributed by atoms with Gasteiger partial charge in [0, 0.05) is 35.5 Å². The monoisotopic (exact) mass is 508 g/mol. The fourth-order valence-corrected chi connectivity index (χ4v) is 4.39. The lowest BCUT2D eigenvalue weighted by Gasteiger charge is -2.11. The minimum atomic E-state index is -0.287. The lowest BCUT2D eigenvalue weighted by molar-refractivity contribution is 0.261. The Morgan fingerprint density at radius 2 is 1.89 bits per heavy atom. The first kappa shape index (κ1) is 23.7. The molecule has 0 radical (unpaired) electrons. The molecule has 0 aliphatic carbocycles. The van der Waals surface area contributed by atoms with E-state index < -0.39 is 0 Å². The van der Waals surface area contributed by atoms with E-state index in [0.29, 0.717) is 35.0 Å². The van der Waals surface area contributed by atoms with Gasteiger partial charge in [0.15, 0.2) is 11.5 Å². The van der Waals surface area contributed by atoms with Crippen molar-refractivity contribution in [1.29, 1.82) is 0 Å². The van der Waals surface area contributed by atoms with Crippen molar-refractivity contribution in [3.05, 3.63) is 72.6 Å². The number of imidazole rings is 1. The molecule has 9 nitrogen and oxygen atoms in total. The van der Waals surface area contributed by atoms with Gasteiger partial charge in [-0.2, -0.15) is 5.10 Å². The van der Waals surface area contributed by atoms with Gasteiger partial charge >= 0.3 is 0 Å². The van der Waals surface area contributed by atoms with E-state index in [1.54, 1.807) is 24.8 Å². The van der Waals surface area contributed by atoms with E-state index in [4.69, 9.17) is 9.72 Å². The summed E-state index contributed by atoms with van der Waals surface area (Å²) in [6, 6.07) is 10.7. The fraction of sp³-hybridized carbons (Fsp3) is 0.179. The maximum Gasteiger partial charge on any atom is 0.178 e. The van der Waals surface area contributed by atoms with E-state index in [9.17, 15) is 4.39 Å². The van der Waals surface area contributed by atoms with Crippen molar-refractivity contribution in [2.75, 3.05) is 27.2 Å². The van der Waals surface area contributed by atoms with Crippen LogP contribution in [0.2, 0.25) is 0 Å². The first-order valence-electron chi connectivity index (χ1n) is 12.1. The van der Waals surface area contributed by atoms with Crippen molar-refractivity contribution in [3.63, 3.8) is 0 Å². The Hall–Kier alpha value is -4.70. The summed E-state index contributed by atoms with van der Waals surface area (Å²) >= 11 is 0. The first-order chi connectivity index (χ1) is 18.4.